The molecule has 0 saturated carbocycles. The van der Waals surface area contributed by atoms with Gasteiger partial charge in [0, 0.05) is 25.6 Å². The van der Waals surface area contributed by atoms with Gasteiger partial charge in [-0.05, 0) is 24.6 Å². The first-order valence-electron chi connectivity index (χ1n) is 6.18. The van der Waals surface area contributed by atoms with Gasteiger partial charge in [0.2, 0.25) is 0 Å². The Balaban J connectivity index is 2.08. The van der Waals surface area contributed by atoms with E-state index in [1.165, 1.54) is 4.57 Å². The summed E-state index contributed by atoms with van der Waals surface area (Å²) in [5, 5.41) is 11.1. The van der Waals surface area contributed by atoms with Crippen molar-refractivity contribution in [2.45, 2.75) is 12.8 Å². The van der Waals surface area contributed by atoms with E-state index in [2.05, 4.69) is 10.3 Å². The molecule has 106 valence electrons. The summed E-state index contributed by atoms with van der Waals surface area (Å²) in [4.78, 5) is 36.4. The number of H-pyrrole nitrogens is 1. The van der Waals surface area contributed by atoms with Crippen LogP contribution in [0.1, 0.15) is 23.2 Å². The van der Waals surface area contributed by atoms with Crippen LogP contribution < -0.4 is 11.0 Å². The zero-order valence-electron chi connectivity index (χ0n) is 11.0. The lowest BCUT2D eigenvalue weighted by atomic mass is 10.2. The molecule has 1 heterocycles. The van der Waals surface area contributed by atoms with E-state index in [1.807, 2.05) is 0 Å². The molecule has 0 radical (unpaired) electrons. The molecule has 1 amide bonds. The molecule has 1 aromatic carbocycles. The molecule has 0 aliphatic carbocycles. The van der Waals surface area contributed by atoms with Gasteiger partial charge in [0.25, 0.3) is 5.91 Å². The highest BCUT2D eigenvalue weighted by Crippen LogP contribution is 2.12. The highest BCUT2D eigenvalue weighted by molar-refractivity contribution is 5.97. The lowest BCUT2D eigenvalue weighted by Gasteiger charge is -2.04. The van der Waals surface area contributed by atoms with Crippen LogP contribution in [0.15, 0.2) is 23.0 Å². The smallest absolute Gasteiger partial charge is 0.326 e. The summed E-state index contributed by atoms with van der Waals surface area (Å²) in [5.74, 6) is -1.17. The third-order valence-electron chi connectivity index (χ3n) is 3.02. The van der Waals surface area contributed by atoms with Gasteiger partial charge in [-0.3, -0.25) is 14.2 Å². The molecule has 3 N–H and O–H groups in total. The van der Waals surface area contributed by atoms with Gasteiger partial charge < -0.3 is 15.4 Å². The van der Waals surface area contributed by atoms with E-state index >= 15 is 0 Å². The fraction of sp³-hybridized carbons (Fsp3) is 0.308. The second-order valence-electron chi connectivity index (χ2n) is 4.47. The fourth-order valence-corrected chi connectivity index (χ4v) is 1.91. The molecule has 7 nitrogen and oxygen atoms in total. The van der Waals surface area contributed by atoms with Gasteiger partial charge in [-0.1, -0.05) is 0 Å². The Hall–Kier alpha value is -2.57. The summed E-state index contributed by atoms with van der Waals surface area (Å²) in [5.41, 5.74) is 1.51. The number of aliphatic carboxylic acids is 1. The first-order valence-corrected chi connectivity index (χ1v) is 6.18. The lowest BCUT2D eigenvalue weighted by molar-refractivity contribution is -0.137. The Morgan fingerprint density at radius 1 is 1.40 bits per heavy atom. The summed E-state index contributed by atoms with van der Waals surface area (Å²) in [7, 11) is 1.62. The Bertz CT molecular complexity index is 714. The number of fused-ring (bicyclic) bond motifs is 1. The van der Waals surface area contributed by atoms with Crippen LogP contribution in [0.2, 0.25) is 0 Å². The lowest BCUT2D eigenvalue weighted by Crippen LogP contribution is -2.24. The monoisotopic (exact) mass is 277 g/mol. The quantitative estimate of drug-likeness (QED) is 0.690. The molecular formula is C13H15N3O4. The van der Waals surface area contributed by atoms with Crippen molar-refractivity contribution in [3.05, 3.63) is 34.2 Å². The highest BCUT2D eigenvalue weighted by Gasteiger charge is 2.09. The van der Waals surface area contributed by atoms with Gasteiger partial charge in [0.05, 0.1) is 11.0 Å². The molecular weight excluding hydrogens is 262 g/mol. The van der Waals surface area contributed by atoms with Gasteiger partial charge in [-0.2, -0.15) is 0 Å². The summed E-state index contributed by atoms with van der Waals surface area (Å²) < 4.78 is 1.43. The molecule has 0 fully saturated rings. The number of aryl methyl sites for hydroxylation is 1. The van der Waals surface area contributed by atoms with Crippen molar-refractivity contribution < 1.29 is 14.7 Å². The normalized spacial score (nSPS) is 10.7. The van der Waals surface area contributed by atoms with E-state index in [-0.39, 0.29) is 18.0 Å². The summed E-state index contributed by atoms with van der Waals surface area (Å²) in [6.07, 6.45) is 0.400. The van der Waals surface area contributed by atoms with Crippen LogP contribution in [0.5, 0.6) is 0 Å². The zero-order chi connectivity index (χ0) is 14.7. The van der Waals surface area contributed by atoms with E-state index < -0.39 is 5.97 Å². The van der Waals surface area contributed by atoms with E-state index in [0.717, 1.165) is 0 Å². The van der Waals surface area contributed by atoms with E-state index in [1.54, 1.807) is 25.2 Å². The number of carboxylic acid groups (broad SMARTS) is 1. The van der Waals surface area contributed by atoms with Crippen molar-refractivity contribution in [1.29, 1.82) is 0 Å². The topological polar surface area (TPSA) is 104 Å². The highest BCUT2D eigenvalue weighted by atomic mass is 16.4. The number of hydrogen-bond donors (Lipinski definition) is 3. The minimum absolute atomic E-state index is 0.0195. The standard InChI is InChI=1S/C13H15N3O4/c1-16-10-7-8(4-5-9(10)15-13(16)20)12(19)14-6-2-3-11(17)18/h4-5,7H,2-3,6H2,1H3,(H,14,19)(H,15,20)(H,17,18). The maximum Gasteiger partial charge on any atom is 0.326 e. The summed E-state index contributed by atoms with van der Waals surface area (Å²) >= 11 is 0. The summed E-state index contributed by atoms with van der Waals surface area (Å²) in [6.45, 7) is 0.301. The number of hydrogen-bond acceptors (Lipinski definition) is 3. The van der Waals surface area contributed by atoms with E-state index in [9.17, 15) is 14.4 Å². The van der Waals surface area contributed by atoms with Gasteiger partial charge in [0.1, 0.15) is 0 Å². The Kier molecular flexibility index (Phi) is 3.88. The first kappa shape index (κ1) is 13.9. The van der Waals surface area contributed by atoms with Gasteiger partial charge in [-0.15, -0.1) is 0 Å². The van der Waals surface area contributed by atoms with Crippen molar-refractivity contribution >= 4 is 22.9 Å². The number of nitrogens with one attached hydrogen (secondary N) is 2. The number of carbonyl (C=O) groups excluding carboxylic acids is 1. The van der Waals surface area contributed by atoms with Crippen LogP contribution >= 0.6 is 0 Å². The molecule has 20 heavy (non-hydrogen) atoms. The predicted octanol–water partition coefficient (Wildman–Crippen LogP) is 0.461. The predicted molar refractivity (Wildman–Crippen MR) is 72.7 cm³/mol. The van der Waals surface area contributed by atoms with Crippen LogP contribution in [-0.4, -0.2) is 33.1 Å². The number of rotatable bonds is 5. The molecule has 0 aliphatic heterocycles. The molecule has 0 bridgehead atoms. The third-order valence-corrected chi connectivity index (χ3v) is 3.02. The fourth-order valence-electron chi connectivity index (χ4n) is 1.91. The van der Waals surface area contributed by atoms with Gasteiger partial charge >= 0.3 is 11.7 Å². The molecule has 0 aliphatic rings. The van der Waals surface area contributed by atoms with Gasteiger partial charge in [0.15, 0.2) is 0 Å². The van der Waals surface area contributed by atoms with Gasteiger partial charge in [-0.25, -0.2) is 4.79 Å². The number of amides is 1. The van der Waals surface area contributed by atoms with E-state index in [4.69, 9.17) is 5.11 Å². The molecule has 2 aromatic rings. The van der Waals surface area contributed by atoms with Crippen molar-refractivity contribution in [3.63, 3.8) is 0 Å². The number of nitrogens with zero attached hydrogens (tertiary/aromatic N) is 1. The largest absolute Gasteiger partial charge is 0.481 e. The number of aromatic nitrogens is 2. The van der Waals surface area contributed by atoms with E-state index in [0.29, 0.717) is 29.6 Å². The number of carboxylic acids is 1. The van der Waals surface area contributed by atoms with Crippen LogP contribution in [-0.2, 0) is 11.8 Å². The SMILES string of the molecule is Cn1c(=O)[nH]c2ccc(C(=O)NCCCC(=O)O)cc21. The van der Waals surface area contributed by atoms with Crippen molar-refractivity contribution in [2.24, 2.45) is 7.05 Å². The van der Waals surface area contributed by atoms with Crippen LogP contribution in [0, 0.1) is 0 Å². The van der Waals surface area contributed by atoms with Crippen molar-refractivity contribution in [3.8, 4) is 0 Å². The first-order chi connectivity index (χ1) is 9.49. The van der Waals surface area contributed by atoms with Crippen molar-refractivity contribution in [1.82, 2.24) is 14.9 Å². The maximum absolute atomic E-state index is 11.9. The molecule has 0 spiro atoms. The van der Waals surface area contributed by atoms with Crippen LogP contribution in [0.3, 0.4) is 0 Å². The molecule has 0 unspecified atom stereocenters. The molecule has 7 heteroatoms. The zero-order valence-corrected chi connectivity index (χ0v) is 11.0. The maximum atomic E-state index is 11.9. The Morgan fingerprint density at radius 2 is 2.15 bits per heavy atom. The molecule has 0 saturated heterocycles. The van der Waals surface area contributed by atoms with Crippen molar-refractivity contribution in [2.75, 3.05) is 6.54 Å². The molecule has 2 rings (SSSR count). The average molecular weight is 277 g/mol. The number of imidazole rings is 1. The summed E-state index contributed by atoms with van der Waals surface area (Å²) in [6, 6.07) is 4.91. The Labute approximate surface area is 114 Å². The van der Waals surface area contributed by atoms with Crippen LogP contribution in [0.25, 0.3) is 11.0 Å². The Morgan fingerprint density at radius 3 is 2.85 bits per heavy atom. The number of aromatic amines is 1. The second-order valence-corrected chi connectivity index (χ2v) is 4.47. The third kappa shape index (κ3) is 2.87. The average Bonchev–Trinajstić information content (AvgIpc) is 2.69. The number of benzene rings is 1. The van der Waals surface area contributed by atoms with Crippen LogP contribution in [0.4, 0.5) is 0 Å². The number of carbonyl (C=O) groups is 2. The second kappa shape index (κ2) is 5.60. The minimum atomic E-state index is -0.886. The molecule has 1 aromatic heterocycles. The molecule has 0 atom stereocenters. The minimum Gasteiger partial charge on any atom is -0.481 e.